The highest BCUT2D eigenvalue weighted by Crippen LogP contribution is 2.16. The van der Waals surface area contributed by atoms with Gasteiger partial charge in [0.25, 0.3) is 5.91 Å². The minimum atomic E-state index is -0.512. The van der Waals surface area contributed by atoms with Crippen molar-refractivity contribution in [1.82, 2.24) is 5.43 Å². The summed E-state index contributed by atoms with van der Waals surface area (Å²) in [6.45, 7) is 0. The van der Waals surface area contributed by atoms with Gasteiger partial charge in [0.05, 0.1) is 13.3 Å². The van der Waals surface area contributed by atoms with E-state index in [-0.39, 0.29) is 5.91 Å². The van der Waals surface area contributed by atoms with Crippen molar-refractivity contribution >= 4 is 24.2 Å². The number of hydrogen-bond donors (Lipinski definition) is 1. The Morgan fingerprint density at radius 1 is 0.900 bits per heavy atom. The van der Waals surface area contributed by atoms with E-state index in [1.54, 1.807) is 61.7 Å². The Bertz CT molecular complexity index is 1060. The van der Waals surface area contributed by atoms with Gasteiger partial charge in [-0.25, -0.2) is 10.2 Å². The molecule has 0 saturated carbocycles. The first-order valence-corrected chi connectivity index (χ1v) is 9.17. The van der Waals surface area contributed by atoms with Crippen molar-refractivity contribution in [3.63, 3.8) is 0 Å². The zero-order valence-corrected chi connectivity index (χ0v) is 16.3. The number of esters is 1. The van der Waals surface area contributed by atoms with Gasteiger partial charge in [0.2, 0.25) is 0 Å². The maximum Gasteiger partial charge on any atom is 0.336 e. The zero-order chi connectivity index (χ0) is 21.2. The summed E-state index contributed by atoms with van der Waals surface area (Å²) < 4.78 is 10.5. The minimum Gasteiger partial charge on any atom is -0.497 e. The molecule has 150 valence electrons. The molecule has 0 aliphatic heterocycles. The average molecular weight is 400 g/mol. The highest BCUT2D eigenvalue weighted by Gasteiger charge is 2.07. The number of nitrogens with one attached hydrogen (secondary N) is 1. The molecule has 1 N–H and O–H groups in total. The molecule has 6 heteroatoms. The van der Waals surface area contributed by atoms with Gasteiger partial charge < -0.3 is 9.47 Å². The Balaban J connectivity index is 1.62. The van der Waals surface area contributed by atoms with E-state index < -0.39 is 5.97 Å². The zero-order valence-electron chi connectivity index (χ0n) is 16.3. The third-order valence-corrected chi connectivity index (χ3v) is 4.06. The van der Waals surface area contributed by atoms with Crippen LogP contribution < -0.4 is 14.9 Å². The first kappa shape index (κ1) is 20.5. The normalized spacial score (nSPS) is 10.8. The number of nitrogens with zero attached hydrogens (tertiary/aromatic N) is 1. The van der Waals surface area contributed by atoms with Crippen LogP contribution >= 0.6 is 0 Å². The summed E-state index contributed by atoms with van der Waals surface area (Å²) in [4.78, 5) is 24.3. The fourth-order valence-corrected chi connectivity index (χ4v) is 2.52. The summed E-state index contributed by atoms with van der Waals surface area (Å²) in [5.74, 6) is 0.117. The molecule has 0 atom stereocenters. The number of hydrogen-bond acceptors (Lipinski definition) is 5. The van der Waals surface area contributed by atoms with Crippen molar-refractivity contribution in [3.05, 3.63) is 102 Å². The number of methoxy groups -OCH3 is 1. The summed E-state index contributed by atoms with van der Waals surface area (Å²) in [6, 6.07) is 23.0. The standard InChI is InChI=1S/C24H20N2O4/c1-29-21-14-12-19(13-15-21)24(28)26-25-17-20-9-5-6-10-22(20)30-23(27)16-11-18-7-3-2-4-8-18/h2-17H,1H3,(H,26,28). The second kappa shape index (κ2) is 10.4. The molecule has 1 amide bonds. The fourth-order valence-electron chi connectivity index (χ4n) is 2.52. The van der Waals surface area contributed by atoms with Gasteiger partial charge in [-0.3, -0.25) is 4.79 Å². The van der Waals surface area contributed by atoms with Gasteiger partial charge in [0.1, 0.15) is 11.5 Å². The smallest absolute Gasteiger partial charge is 0.336 e. The van der Waals surface area contributed by atoms with Crippen LogP contribution in [0.2, 0.25) is 0 Å². The molecule has 0 spiro atoms. The van der Waals surface area contributed by atoms with Crippen LogP contribution in [0.4, 0.5) is 0 Å². The lowest BCUT2D eigenvalue weighted by Crippen LogP contribution is -2.17. The number of hydrazone groups is 1. The summed E-state index contributed by atoms with van der Waals surface area (Å²) in [5.41, 5.74) is 4.33. The van der Waals surface area contributed by atoms with E-state index in [1.165, 1.54) is 12.3 Å². The quantitative estimate of drug-likeness (QED) is 0.213. The summed E-state index contributed by atoms with van der Waals surface area (Å²) in [6.07, 6.45) is 4.45. The Morgan fingerprint density at radius 3 is 2.33 bits per heavy atom. The summed E-state index contributed by atoms with van der Waals surface area (Å²) >= 11 is 0. The molecule has 3 aromatic rings. The number of rotatable bonds is 7. The molecule has 3 rings (SSSR count). The van der Waals surface area contributed by atoms with Crippen LogP contribution in [-0.2, 0) is 4.79 Å². The van der Waals surface area contributed by atoms with E-state index in [2.05, 4.69) is 10.5 Å². The lowest BCUT2D eigenvalue weighted by Gasteiger charge is -2.05. The largest absolute Gasteiger partial charge is 0.497 e. The van der Waals surface area contributed by atoms with Crippen LogP contribution in [0.25, 0.3) is 6.08 Å². The minimum absolute atomic E-state index is 0.336. The molecule has 0 unspecified atom stereocenters. The Hall–Kier alpha value is -4.19. The highest BCUT2D eigenvalue weighted by atomic mass is 16.5. The van der Waals surface area contributed by atoms with Crippen LogP contribution in [-0.4, -0.2) is 25.2 Å². The molecule has 0 aliphatic carbocycles. The summed E-state index contributed by atoms with van der Waals surface area (Å²) in [7, 11) is 1.56. The molecule has 0 aromatic heterocycles. The van der Waals surface area contributed by atoms with E-state index >= 15 is 0 Å². The molecular formula is C24H20N2O4. The van der Waals surface area contributed by atoms with Gasteiger partial charge in [0, 0.05) is 17.2 Å². The maximum absolute atomic E-state index is 12.2. The van der Waals surface area contributed by atoms with Gasteiger partial charge in [0.15, 0.2) is 0 Å². The van der Waals surface area contributed by atoms with E-state index in [0.717, 1.165) is 5.56 Å². The second-order valence-corrected chi connectivity index (χ2v) is 6.13. The van der Waals surface area contributed by atoms with Crippen LogP contribution in [0, 0.1) is 0 Å². The SMILES string of the molecule is COc1ccc(C(=O)NN=Cc2ccccc2OC(=O)C=Cc2ccccc2)cc1. The third kappa shape index (κ3) is 5.90. The monoisotopic (exact) mass is 400 g/mol. The van der Waals surface area contributed by atoms with Gasteiger partial charge in [-0.15, -0.1) is 0 Å². The number of amides is 1. The molecule has 0 aliphatic rings. The molecule has 0 bridgehead atoms. The number of carbonyl (C=O) groups excluding carboxylic acids is 2. The molecule has 30 heavy (non-hydrogen) atoms. The lowest BCUT2D eigenvalue weighted by molar-refractivity contribution is -0.128. The van der Waals surface area contributed by atoms with E-state index in [1.807, 2.05) is 30.3 Å². The molecule has 0 saturated heterocycles. The first-order chi connectivity index (χ1) is 14.7. The Kier molecular flexibility index (Phi) is 7.11. The Labute approximate surface area is 174 Å². The van der Waals surface area contributed by atoms with E-state index in [4.69, 9.17) is 9.47 Å². The van der Waals surface area contributed by atoms with Gasteiger partial charge >= 0.3 is 5.97 Å². The molecular weight excluding hydrogens is 380 g/mol. The van der Waals surface area contributed by atoms with Crippen molar-refractivity contribution in [2.45, 2.75) is 0 Å². The second-order valence-electron chi connectivity index (χ2n) is 6.13. The molecule has 3 aromatic carbocycles. The van der Waals surface area contributed by atoms with Crippen LogP contribution in [0.1, 0.15) is 21.5 Å². The predicted molar refractivity (Wildman–Crippen MR) is 116 cm³/mol. The topological polar surface area (TPSA) is 77.0 Å². The highest BCUT2D eigenvalue weighted by molar-refractivity contribution is 5.95. The van der Waals surface area contributed by atoms with E-state index in [0.29, 0.717) is 22.6 Å². The van der Waals surface area contributed by atoms with Crippen molar-refractivity contribution < 1.29 is 19.1 Å². The van der Waals surface area contributed by atoms with Crippen molar-refractivity contribution in [2.24, 2.45) is 5.10 Å². The Morgan fingerprint density at radius 2 is 1.60 bits per heavy atom. The lowest BCUT2D eigenvalue weighted by atomic mass is 10.2. The van der Waals surface area contributed by atoms with Crippen molar-refractivity contribution in [2.75, 3.05) is 7.11 Å². The third-order valence-electron chi connectivity index (χ3n) is 4.06. The molecule has 0 radical (unpaired) electrons. The van der Waals surface area contributed by atoms with Gasteiger partial charge in [-0.1, -0.05) is 42.5 Å². The van der Waals surface area contributed by atoms with Gasteiger partial charge in [-0.2, -0.15) is 5.10 Å². The number of benzene rings is 3. The first-order valence-electron chi connectivity index (χ1n) is 9.17. The average Bonchev–Trinajstić information content (AvgIpc) is 2.79. The van der Waals surface area contributed by atoms with Gasteiger partial charge in [-0.05, 0) is 48.0 Å². The van der Waals surface area contributed by atoms with Crippen molar-refractivity contribution in [1.29, 1.82) is 0 Å². The molecule has 0 fully saturated rings. The van der Waals surface area contributed by atoms with Crippen LogP contribution in [0.15, 0.2) is 90.0 Å². The van der Waals surface area contributed by atoms with Crippen LogP contribution in [0.3, 0.4) is 0 Å². The molecule has 6 nitrogen and oxygen atoms in total. The predicted octanol–water partition coefficient (Wildman–Crippen LogP) is 4.08. The number of carbonyl (C=O) groups is 2. The number of para-hydroxylation sites is 1. The molecule has 0 heterocycles. The van der Waals surface area contributed by atoms with Crippen LogP contribution in [0.5, 0.6) is 11.5 Å². The van der Waals surface area contributed by atoms with E-state index in [9.17, 15) is 9.59 Å². The van der Waals surface area contributed by atoms with Crippen molar-refractivity contribution in [3.8, 4) is 11.5 Å². The maximum atomic E-state index is 12.2. The number of ether oxygens (including phenoxy) is 2. The fraction of sp³-hybridized carbons (Fsp3) is 0.0417. The summed E-state index contributed by atoms with van der Waals surface area (Å²) in [5, 5.41) is 3.96.